The van der Waals surface area contributed by atoms with Gasteiger partial charge in [0.2, 0.25) is 0 Å². The molecule has 0 amide bonds. The maximum Gasteiger partial charge on any atom is 0.416 e. The Kier molecular flexibility index (Phi) is 3.06. The molecule has 0 radical (unpaired) electrons. The van der Waals surface area contributed by atoms with E-state index in [4.69, 9.17) is 14.3 Å². The van der Waals surface area contributed by atoms with Gasteiger partial charge in [-0.25, -0.2) is 0 Å². The topological polar surface area (TPSA) is 21.3 Å². The van der Waals surface area contributed by atoms with Crippen molar-refractivity contribution in [3.63, 3.8) is 0 Å². The first-order chi connectivity index (χ1) is 13.3. The molecule has 5 heteroatoms. The maximum atomic E-state index is 13.1. The SMILES string of the molecule is [2H]c1c([2H])c(C(F)(F)F)c([2H])c([2H])c1OC(CCNC([2H])([2H])[2H])c1ccccc1. The molecule has 0 saturated heterocycles. The van der Waals surface area contributed by atoms with Crippen LogP contribution in [0.1, 0.15) is 33.2 Å². The molecule has 0 aliphatic heterocycles. The minimum absolute atomic E-state index is 0.0428. The van der Waals surface area contributed by atoms with Gasteiger partial charge in [0.15, 0.2) is 0 Å². The summed E-state index contributed by atoms with van der Waals surface area (Å²) in [6, 6.07) is 3.93. The van der Waals surface area contributed by atoms with Crippen LogP contribution in [-0.4, -0.2) is 13.5 Å². The molecular formula is C17H18F3NO. The Morgan fingerprint density at radius 1 is 1.18 bits per heavy atom. The number of nitrogens with one attached hydrogen (secondary N) is 1. The molecule has 0 aliphatic carbocycles. The molecule has 1 unspecified atom stereocenters. The highest BCUT2D eigenvalue weighted by Gasteiger charge is 2.30. The summed E-state index contributed by atoms with van der Waals surface area (Å²) in [6.45, 7) is -2.45. The number of halogens is 3. The van der Waals surface area contributed by atoms with Crippen LogP contribution in [0, 0.1) is 0 Å². The average molecular weight is 316 g/mol. The van der Waals surface area contributed by atoms with Crippen LogP contribution in [0.25, 0.3) is 0 Å². The van der Waals surface area contributed by atoms with Crippen molar-refractivity contribution in [2.45, 2.75) is 18.7 Å². The molecule has 2 aromatic carbocycles. The number of hydrogen-bond donors (Lipinski definition) is 1. The molecule has 22 heavy (non-hydrogen) atoms. The van der Waals surface area contributed by atoms with Crippen molar-refractivity contribution in [1.82, 2.24) is 5.32 Å². The van der Waals surface area contributed by atoms with E-state index in [9.17, 15) is 13.2 Å². The summed E-state index contributed by atoms with van der Waals surface area (Å²) in [5, 5.41) is 2.29. The van der Waals surface area contributed by atoms with Crippen LogP contribution in [0.5, 0.6) is 5.75 Å². The van der Waals surface area contributed by atoms with Gasteiger partial charge in [-0.3, -0.25) is 0 Å². The Balaban J connectivity index is 2.43. The number of ether oxygens (including phenoxy) is 1. The van der Waals surface area contributed by atoms with Gasteiger partial charge in [-0.05, 0) is 43.3 Å². The zero-order chi connectivity index (χ0) is 22.0. The van der Waals surface area contributed by atoms with E-state index in [-0.39, 0.29) is 13.0 Å². The molecule has 2 nitrogen and oxygen atoms in total. The maximum absolute atomic E-state index is 13.1. The van der Waals surface area contributed by atoms with Gasteiger partial charge in [0.1, 0.15) is 11.9 Å². The molecule has 0 fully saturated rings. The van der Waals surface area contributed by atoms with Crippen LogP contribution >= 0.6 is 0 Å². The fraction of sp³-hybridized carbons (Fsp3) is 0.294. The van der Waals surface area contributed by atoms with Crippen molar-refractivity contribution in [2.24, 2.45) is 0 Å². The van der Waals surface area contributed by atoms with Crippen molar-refractivity contribution in [3.05, 3.63) is 65.6 Å². The van der Waals surface area contributed by atoms with Gasteiger partial charge >= 0.3 is 6.18 Å². The van der Waals surface area contributed by atoms with E-state index in [1.54, 1.807) is 30.3 Å². The molecule has 0 spiro atoms. The first-order valence-corrected chi connectivity index (χ1v) is 6.47. The van der Waals surface area contributed by atoms with Gasteiger partial charge in [-0.15, -0.1) is 0 Å². The summed E-state index contributed by atoms with van der Waals surface area (Å²) in [4.78, 5) is 0. The second-order valence-corrected chi connectivity index (χ2v) is 4.43. The first kappa shape index (κ1) is 9.20. The molecule has 118 valence electrons. The molecule has 0 heterocycles. The molecule has 0 aromatic heterocycles. The number of benzene rings is 2. The van der Waals surface area contributed by atoms with Gasteiger partial charge < -0.3 is 10.1 Å². The van der Waals surface area contributed by atoms with Gasteiger partial charge in [-0.2, -0.15) is 13.2 Å². The molecule has 0 bridgehead atoms. The zero-order valence-electron chi connectivity index (χ0n) is 18.4. The normalized spacial score (nSPS) is 18.0. The van der Waals surface area contributed by atoms with E-state index in [2.05, 4.69) is 5.32 Å². The first-order valence-electron chi connectivity index (χ1n) is 9.97. The lowest BCUT2D eigenvalue weighted by Crippen LogP contribution is -2.16. The average Bonchev–Trinajstić information content (AvgIpc) is 2.61. The Bertz CT molecular complexity index is 828. The minimum Gasteiger partial charge on any atom is -0.486 e. The van der Waals surface area contributed by atoms with E-state index in [1.807, 2.05) is 0 Å². The predicted molar refractivity (Wildman–Crippen MR) is 79.8 cm³/mol. The highest BCUT2D eigenvalue weighted by atomic mass is 19.4. The van der Waals surface area contributed by atoms with Crippen molar-refractivity contribution >= 4 is 0 Å². The Morgan fingerprint density at radius 2 is 1.86 bits per heavy atom. The number of rotatable bonds is 6. The second kappa shape index (κ2) is 7.31. The summed E-state index contributed by atoms with van der Waals surface area (Å²) >= 11 is 0. The van der Waals surface area contributed by atoms with Crippen LogP contribution in [-0.2, 0) is 6.18 Å². The quantitative estimate of drug-likeness (QED) is 0.851. The van der Waals surface area contributed by atoms with Crippen molar-refractivity contribution in [2.75, 3.05) is 13.5 Å². The molecule has 0 aliphatic rings. The van der Waals surface area contributed by atoms with Crippen LogP contribution in [0.2, 0.25) is 0 Å². The van der Waals surface area contributed by atoms with Crippen LogP contribution in [0.4, 0.5) is 13.2 Å². The van der Waals surface area contributed by atoms with Crippen molar-refractivity contribution < 1.29 is 27.5 Å². The third kappa shape index (κ3) is 4.49. The molecule has 1 atom stereocenters. The summed E-state index contributed by atoms with van der Waals surface area (Å²) in [5.74, 6) is -0.629. The van der Waals surface area contributed by atoms with E-state index in [1.165, 1.54) is 0 Å². The van der Waals surface area contributed by atoms with Gasteiger partial charge in [0.05, 0.1) is 11.0 Å². The smallest absolute Gasteiger partial charge is 0.416 e. The van der Waals surface area contributed by atoms with E-state index in [0.29, 0.717) is 5.56 Å². The van der Waals surface area contributed by atoms with Crippen molar-refractivity contribution in [3.8, 4) is 5.75 Å². The zero-order valence-corrected chi connectivity index (χ0v) is 11.4. The number of hydrogen-bond acceptors (Lipinski definition) is 2. The minimum atomic E-state index is -5.05. The van der Waals surface area contributed by atoms with Crippen LogP contribution in [0.3, 0.4) is 0 Å². The predicted octanol–water partition coefficient (Wildman–Crippen LogP) is 4.44. The highest BCUT2D eigenvalue weighted by molar-refractivity contribution is 5.30. The van der Waals surface area contributed by atoms with E-state index in [0.717, 1.165) is 0 Å². The molecule has 1 N–H and O–H groups in total. The summed E-state index contributed by atoms with van der Waals surface area (Å²) in [7, 11) is 0. The Labute approximate surface area is 137 Å². The molecule has 2 aromatic rings. The van der Waals surface area contributed by atoms with Crippen LogP contribution < -0.4 is 10.1 Å². The summed E-state index contributed by atoms with van der Waals surface area (Å²) in [6.07, 6.45) is -5.90. The monoisotopic (exact) mass is 316 g/mol. The lowest BCUT2D eigenvalue weighted by Gasteiger charge is -2.20. The second-order valence-electron chi connectivity index (χ2n) is 4.43. The van der Waals surface area contributed by atoms with Crippen LogP contribution in [0.15, 0.2) is 54.5 Å². The van der Waals surface area contributed by atoms with Gasteiger partial charge in [0.25, 0.3) is 0 Å². The van der Waals surface area contributed by atoms with Gasteiger partial charge in [0, 0.05) is 10.5 Å². The lowest BCUT2D eigenvalue weighted by molar-refractivity contribution is -0.137. The fourth-order valence-corrected chi connectivity index (χ4v) is 1.81. The van der Waals surface area contributed by atoms with E-state index >= 15 is 0 Å². The number of alkyl halides is 3. The van der Waals surface area contributed by atoms with Crippen molar-refractivity contribution in [1.29, 1.82) is 0 Å². The molecule has 0 saturated carbocycles. The Hall–Kier alpha value is -2.01. The highest BCUT2D eigenvalue weighted by Crippen LogP contribution is 2.31. The summed E-state index contributed by atoms with van der Waals surface area (Å²) in [5.41, 5.74) is -1.13. The standard InChI is InChI=1S/C17H18F3NO/c1-21-12-11-16(13-5-3-2-4-6-13)22-15-9-7-14(8-10-15)17(18,19)20/h2-10,16,21H,11-12H2,1H3/i1D3,7D,8D,9D,10D. The largest absolute Gasteiger partial charge is 0.486 e. The lowest BCUT2D eigenvalue weighted by atomic mass is 10.1. The molecular weight excluding hydrogens is 291 g/mol. The summed E-state index contributed by atoms with van der Waals surface area (Å²) < 4.78 is 97.4. The van der Waals surface area contributed by atoms with Gasteiger partial charge in [-0.1, -0.05) is 30.3 Å². The third-order valence-electron chi connectivity index (χ3n) is 2.85. The molecule has 2 rings (SSSR count). The van der Waals surface area contributed by atoms with E-state index < -0.39 is 54.7 Å². The fourth-order valence-electron chi connectivity index (χ4n) is 1.81. The Morgan fingerprint density at radius 3 is 2.45 bits per heavy atom. The third-order valence-corrected chi connectivity index (χ3v) is 2.85.